The lowest BCUT2D eigenvalue weighted by Crippen LogP contribution is -2.61. The highest BCUT2D eigenvalue weighted by molar-refractivity contribution is 7.99. The first kappa shape index (κ1) is 14.4. The monoisotopic (exact) mass is 304 g/mol. The quantitative estimate of drug-likeness (QED) is 0.927. The molecule has 5 heteroatoms. The largest absolute Gasteiger partial charge is 0.345 e. The third kappa shape index (κ3) is 2.67. The molecular formula is C16H20N2O2S. The molecule has 0 radical (unpaired) electrons. The van der Waals surface area contributed by atoms with Crippen molar-refractivity contribution in [2.45, 2.75) is 30.7 Å². The number of nitrogens with zero attached hydrogens (tertiary/aromatic N) is 1. The SMILES string of the molecule is CC(C)C1C(=O)NCC(=O)N1CC1CSc2ccccc21. The molecule has 0 aromatic heterocycles. The molecule has 1 aromatic carbocycles. The molecule has 1 fully saturated rings. The van der Waals surface area contributed by atoms with Crippen LogP contribution in [0.25, 0.3) is 0 Å². The fourth-order valence-corrected chi connectivity index (χ4v) is 4.40. The Morgan fingerprint density at radius 2 is 2.10 bits per heavy atom. The summed E-state index contributed by atoms with van der Waals surface area (Å²) in [6.07, 6.45) is 0. The predicted molar refractivity (Wildman–Crippen MR) is 83.3 cm³/mol. The van der Waals surface area contributed by atoms with Crippen molar-refractivity contribution >= 4 is 23.6 Å². The number of rotatable bonds is 3. The van der Waals surface area contributed by atoms with E-state index in [1.165, 1.54) is 10.5 Å². The average Bonchev–Trinajstić information content (AvgIpc) is 2.86. The van der Waals surface area contributed by atoms with Gasteiger partial charge in [-0.2, -0.15) is 0 Å². The zero-order chi connectivity index (χ0) is 15.0. The maximum atomic E-state index is 12.3. The van der Waals surface area contributed by atoms with E-state index in [4.69, 9.17) is 0 Å². The van der Waals surface area contributed by atoms with Crippen molar-refractivity contribution in [1.82, 2.24) is 10.2 Å². The Labute approximate surface area is 129 Å². The Morgan fingerprint density at radius 3 is 2.86 bits per heavy atom. The number of piperazine rings is 1. The van der Waals surface area contributed by atoms with Gasteiger partial charge < -0.3 is 10.2 Å². The molecular weight excluding hydrogens is 284 g/mol. The van der Waals surface area contributed by atoms with Gasteiger partial charge in [-0.05, 0) is 17.5 Å². The molecule has 21 heavy (non-hydrogen) atoms. The molecule has 2 atom stereocenters. The summed E-state index contributed by atoms with van der Waals surface area (Å²) in [5.74, 6) is 1.43. The summed E-state index contributed by atoms with van der Waals surface area (Å²) < 4.78 is 0. The summed E-state index contributed by atoms with van der Waals surface area (Å²) in [5.41, 5.74) is 1.31. The highest BCUT2D eigenvalue weighted by Crippen LogP contribution is 2.40. The Bertz CT molecular complexity index is 573. The predicted octanol–water partition coefficient (Wildman–Crippen LogP) is 1.86. The van der Waals surface area contributed by atoms with Crippen LogP contribution in [0.5, 0.6) is 0 Å². The summed E-state index contributed by atoms with van der Waals surface area (Å²) in [6.45, 7) is 4.75. The van der Waals surface area contributed by atoms with Crippen molar-refractivity contribution in [1.29, 1.82) is 0 Å². The smallest absolute Gasteiger partial charge is 0.243 e. The molecule has 1 saturated heterocycles. The van der Waals surface area contributed by atoms with Gasteiger partial charge >= 0.3 is 0 Å². The van der Waals surface area contributed by atoms with Crippen molar-refractivity contribution in [3.63, 3.8) is 0 Å². The third-order valence-electron chi connectivity index (χ3n) is 4.19. The zero-order valence-electron chi connectivity index (χ0n) is 12.3. The number of nitrogens with one attached hydrogen (secondary N) is 1. The molecule has 2 aliphatic rings. The minimum atomic E-state index is -0.344. The Morgan fingerprint density at radius 1 is 1.33 bits per heavy atom. The van der Waals surface area contributed by atoms with Gasteiger partial charge in [0, 0.05) is 23.1 Å². The molecule has 2 heterocycles. The topological polar surface area (TPSA) is 49.4 Å². The van der Waals surface area contributed by atoms with E-state index < -0.39 is 0 Å². The number of carbonyl (C=O) groups excluding carboxylic acids is 2. The van der Waals surface area contributed by atoms with Crippen molar-refractivity contribution < 1.29 is 9.59 Å². The lowest BCUT2D eigenvalue weighted by molar-refractivity contribution is -0.147. The van der Waals surface area contributed by atoms with Crippen LogP contribution in [0.4, 0.5) is 0 Å². The van der Waals surface area contributed by atoms with Crippen LogP contribution in [0.2, 0.25) is 0 Å². The summed E-state index contributed by atoms with van der Waals surface area (Å²) in [7, 11) is 0. The molecule has 0 bridgehead atoms. The standard InChI is InChI=1S/C16H20N2O2S/c1-10(2)15-16(20)17-7-14(19)18(15)8-11-9-21-13-6-4-3-5-12(11)13/h3-6,10-11,15H,7-9H2,1-2H3,(H,17,20). The molecule has 0 spiro atoms. The first-order chi connectivity index (χ1) is 10.1. The molecule has 4 nitrogen and oxygen atoms in total. The lowest BCUT2D eigenvalue weighted by atomic mass is 9.95. The number of benzene rings is 1. The molecule has 1 aromatic rings. The fourth-order valence-electron chi connectivity index (χ4n) is 3.16. The fraction of sp³-hybridized carbons (Fsp3) is 0.500. The van der Waals surface area contributed by atoms with Gasteiger partial charge in [0.05, 0.1) is 6.54 Å². The van der Waals surface area contributed by atoms with Crippen LogP contribution in [0.3, 0.4) is 0 Å². The Kier molecular flexibility index (Phi) is 3.93. The van der Waals surface area contributed by atoms with Gasteiger partial charge in [-0.3, -0.25) is 9.59 Å². The van der Waals surface area contributed by atoms with Gasteiger partial charge in [-0.15, -0.1) is 11.8 Å². The van der Waals surface area contributed by atoms with Crippen molar-refractivity contribution in [2.75, 3.05) is 18.8 Å². The van der Waals surface area contributed by atoms with Crippen molar-refractivity contribution in [3.8, 4) is 0 Å². The molecule has 2 aliphatic heterocycles. The zero-order valence-corrected chi connectivity index (χ0v) is 13.2. The second-order valence-electron chi connectivity index (χ2n) is 6.00. The molecule has 112 valence electrons. The molecule has 0 aliphatic carbocycles. The summed E-state index contributed by atoms with van der Waals surface area (Å²) >= 11 is 1.84. The van der Waals surface area contributed by atoms with Crippen molar-refractivity contribution in [3.05, 3.63) is 29.8 Å². The molecule has 3 rings (SSSR count). The van der Waals surface area contributed by atoms with Gasteiger partial charge in [-0.25, -0.2) is 0 Å². The molecule has 2 unspecified atom stereocenters. The van der Waals surface area contributed by atoms with Crippen LogP contribution in [0.1, 0.15) is 25.3 Å². The second-order valence-corrected chi connectivity index (χ2v) is 7.06. The van der Waals surface area contributed by atoms with E-state index in [2.05, 4.69) is 17.4 Å². The van der Waals surface area contributed by atoms with E-state index in [1.807, 2.05) is 37.7 Å². The third-order valence-corrected chi connectivity index (χ3v) is 5.44. The van der Waals surface area contributed by atoms with Crippen LogP contribution in [-0.4, -0.2) is 41.6 Å². The number of fused-ring (bicyclic) bond motifs is 1. The van der Waals surface area contributed by atoms with Crippen LogP contribution >= 0.6 is 11.8 Å². The van der Waals surface area contributed by atoms with Gasteiger partial charge in [0.15, 0.2) is 0 Å². The number of hydrogen-bond acceptors (Lipinski definition) is 3. The lowest BCUT2D eigenvalue weighted by Gasteiger charge is -2.38. The van der Waals surface area contributed by atoms with E-state index in [9.17, 15) is 9.59 Å². The van der Waals surface area contributed by atoms with Gasteiger partial charge in [-0.1, -0.05) is 32.0 Å². The van der Waals surface area contributed by atoms with Crippen molar-refractivity contribution in [2.24, 2.45) is 5.92 Å². The van der Waals surface area contributed by atoms with E-state index in [0.717, 1.165) is 5.75 Å². The molecule has 1 N–H and O–H groups in total. The molecule has 0 saturated carbocycles. The average molecular weight is 304 g/mol. The van der Waals surface area contributed by atoms with Crippen LogP contribution < -0.4 is 5.32 Å². The van der Waals surface area contributed by atoms with E-state index in [-0.39, 0.29) is 30.3 Å². The number of amides is 2. The maximum Gasteiger partial charge on any atom is 0.243 e. The number of hydrogen-bond donors (Lipinski definition) is 1. The van der Waals surface area contributed by atoms with Gasteiger partial charge in [0.2, 0.25) is 11.8 Å². The number of carbonyl (C=O) groups is 2. The first-order valence-corrected chi connectivity index (χ1v) is 8.35. The van der Waals surface area contributed by atoms with Crippen LogP contribution in [0.15, 0.2) is 29.2 Å². The maximum absolute atomic E-state index is 12.3. The van der Waals surface area contributed by atoms with E-state index >= 15 is 0 Å². The minimum absolute atomic E-state index is 0.0245. The van der Waals surface area contributed by atoms with E-state index in [0.29, 0.717) is 12.5 Å². The Hall–Kier alpha value is -1.49. The minimum Gasteiger partial charge on any atom is -0.345 e. The van der Waals surface area contributed by atoms with Crippen LogP contribution in [-0.2, 0) is 9.59 Å². The summed E-state index contributed by atoms with van der Waals surface area (Å²) in [6, 6.07) is 8.01. The van der Waals surface area contributed by atoms with Gasteiger partial charge in [0.1, 0.15) is 6.04 Å². The summed E-state index contributed by atoms with van der Waals surface area (Å²) in [4.78, 5) is 27.5. The number of thioether (sulfide) groups is 1. The highest BCUT2D eigenvalue weighted by atomic mass is 32.2. The van der Waals surface area contributed by atoms with Crippen LogP contribution in [0, 0.1) is 5.92 Å². The second kappa shape index (κ2) is 5.72. The normalized spacial score (nSPS) is 25.2. The summed E-state index contributed by atoms with van der Waals surface area (Å²) in [5, 5.41) is 2.70. The Balaban J connectivity index is 1.82. The highest BCUT2D eigenvalue weighted by Gasteiger charge is 2.38. The first-order valence-electron chi connectivity index (χ1n) is 7.37. The van der Waals surface area contributed by atoms with Gasteiger partial charge in [0.25, 0.3) is 0 Å². The van der Waals surface area contributed by atoms with E-state index in [1.54, 1.807) is 4.90 Å². The molecule has 2 amide bonds.